The quantitative estimate of drug-likeness (QED) is 0.645. The van der Waals surface area contributed by atoms with E-state index in [1.165, 1.54) is 6.07 Å². The molecule has 0 spiro atoms. The smallest absolute Gasteiger partial charge is 0.285 e. The number of nitrogens with one attached hydrogen (secondary N) is 1. The van der Waals surface area contributed by atoms with Gasteiger partial charge < -0.3 is 10.2 Å². The number of aryl methyl sites for hydroxylation is 1. The largest absolute Gasteiger partial charge is 0.336 e. The summed E-state index contributed by atoms with van der Waals surface area (Å²) in [7, 11) is 0. The third-order valence-corrected chi connectivity index (χ3v) is 3.31. The van der Waals surface area contributed by atoms with Crippen LogP contribution in [0.1, 0.15) is 22.8 Å². The van der Waals surface area contributed by atoms with E-state index in [4.69, 9.17) is 0 Å². The summed E-state index contributed by atoms with van der Waals surface area (Å²) in [6, 6.07) is 5.07. The predicted molar refractivity (Wildman–Crippen MR) is 71.2 cm³/mol. The molecule has 1 aliphatic rings. The molecule has 6 nitrogen and oxygen atoms in total. The summed E-state index contributed by atoms with van der Waals surface area (Å²) in [5.74, 6) is -0.260. The maximum atomic E-state index is 12.4. The molecule has 1 aromatic rings. The van der Waals surface area contributed by atoms with Gasteiger partial charge >= 0.3 is 0 Å². The lowest BCUT2D eigenvalue weighted by atomic mass is 10.1. The zero-order chi connectivity index (χ0) is 14.0. The van der Waals surface area contributed by atoms with Gasteiger partial charge in [0.1, 0.15) is 5.56 Å². The van der Waals surface area contributed by atoms with Crippen molar-refractivity contribution in [3.63, 3.8) is 0 Å². The second-order valence-electron chi connectivity index (χ2n) is 4.83. The number of nitro groups is 1. The Morgan fingerprint density at radius 3 is 2.89 bits per heavy atom. The van der Waals surface area contributed by atoms with Crippen LogP contribution in [0.15, 0.2) is 18.2 Å². The molecule has 1 saturated heterocycles. The molecule has 1 heterocycles. The number of piperazine rings is 1. The van der Waals surface area contributed by atoms with Crippen LogP contribution in [0.2, 0.25) is 0 Å². The molecule has 0 aromatic heterocycles. The van der Waals surface area contributed by atoms with Crippen LogP contribution >= 0.6 is 0 Å². The monoisotopic (exact) mass is 263 g/mol. The van der Waals surface area contributed by atoms with Gasteiger partial charge in [0.2, 0.25) is 0 Å². The van der Waals surface area contributed by atoms with E-state index in [1.807, 2.05) is 6.92 Å². The Morgan fingerprint density at radius 1 is 1.53 bits per heavy atom. The molecule has 102 valence electrons. The lowest BCUT2D eigenvalue weighted by Gasteiger charge is -2.31. The number of carbonyl (C=O) groups is 1. The molecule has 1 fully saturated rings. The summed E-state index contributed by atoms with van der Waals surface area (Å²) >= 11 is 0. The van der Waals surface area contributed by atoms with Crippen molar-refractivity contribution in [1.82, 2.24) is 10.2 Å². The summed E-state index contributed by atoms with van der Waals surface area (Å²) in [6.07, 6.45) is 0. The molecular formula is C13H17N3O3. The van der Waals surface area contributed by atoms with Gasteiger partial charge in [0.05, 0.1) is 4.92 Å². The Bertz CT molecular complexity index is 516. The molecule has 0 bridgehead atoms. The molecular weight excluding hydrogens is 246 g/mol. The summed E-state index contributed by atoms with van der Waals surface area (Å²) in [5, 5.41) is 14.4. The SMILES string of the molecule is Cc1cccc(C(=O)N2CCN[C@H](C)C2)c1[N+](=O)[O-]. The van der Waals surface area contributed by atoms with Crippen molar-refractivity contribution in [2.75, 3.05) is 19.6 Å². The maximum Gasteiger partial charge on any atom is 0.285 e. The van der Waals surface area contributed by atoms with Gasteiger partial charge in [0.15, 0.2) is 0 Å². The first-order chi connectivity index (χ1) is 9.00. The fourth-order valence-electron chi connectivity index (χ4n) is 2.36. The number of hydrogen-bond donors (Lipinski definition) is 1. The number of amides is 1. The van der Waals surface area contributed by atoms with Crippen molar-refractivity contribution in [2.45, 2.75) is 19.9 Å². The van der Waals surface area contributed by atoms with E-state index >= 15 is 0 Å². The maximum absolute atomic E-state index is 12.4. The zero-order valence-corrected chi connectivity index (χ0v) is 11.0. The minimum Gasteiger partial charge on any atom is -0.336 e. The summed E-state index contributed by atoms with van der Waals surface area (Å²) < 4.78 is 0. The number of carbonyl (C=O) groups excluding carboxylic acids is 1. The minimum absolute atomic E-state index is 0.0846. The van der Waals surface area contributed by atoms with Crippen LogP contribution in [-0.2, 0) is 0 Å². The Labute approximate surface area is 111 Å². The molecule has 2 rings (SSSR count). The number of hydrogen-bond acceptors (Lipinski definition) is 4. The predicted octanol–water partition coefficient (Wildman–Crippen LogP) is 1.34. The normalized spacial score (nSPS) is 19.3. The third-order valence-electron chi connectivity index (χ3n) is 3.31. The second kappa shape index (κ2) is 5.36. The average molecular weight is 263 g/mol. The topological polar surface area (TPSA) is 75.5 Å². The Morgan fingerprint density at radius 2 is 2.26 bits per heavy atom. The van der Waals surface area contributed by atoms with E-state index in [0.717, 1.165) is 0 Å². The first kappa shape index (κ1) is 13.5. The van der Waals surface area contributed by atoms with E-state index in [1.54, 1.807) is 24.0 Å². The van der Waals surface area contributed by atoms with Gasteiger partial charge in [-0.3, -0.25) is 14.9 Å². The van der Waals surface area contributed by atoms with Gasteiger partial charge in [-0.1, -0.05) is 12.1 Å². The molecule has 1 N–H and O–H groups in total. The van der Waals surface area contributed by atoms with Crippen LogP contribution in [0.3, 0.4) is 0 Å². The van der Waals surface area contributed by atoms with E-state index in [9.17, 15) is 14.9 Å². The van der Waals surface area contributed by atoms with Gasteiger partial charge in [-0.25, -0.2) is 0 Å². The van der Waals surface area contributed by atoms with E-state index in [0.29, 0.717) is 25.2 Å². The number of nitro benzene ring substituents is 1. The van der Waals surface area contributed by atoms with Gasteiger partial charge in [-0.05, 0) is 19.9 Å². The summed E-state index contributed by atoms with van der Waals surface area (Å²) in [6.45, 7) is 5.50. The molecule has 6 heteroatoms. The molecule has 1 amide bonds. The van der Waals surface area contributed by atoms with Crippen LogP contribution in [0, 0.1) is 17.0 Å². The summed E-state index contributed by atoms with van der Waals surface area (Å²) in [5.41, 5.74) is 0.608. The second-order valence-corrected chi connectivity index (χ2v) is 4.83. The number of rotatable bonds is 2. The molecule has 0 unspecified atom stereocenters. The molecule has 1 aromatic carbocycles. The number of nitrogens with zero attached hydrogens (tertiary/aromatic N) is 2. The van der Waals surface area contributed by atoms with Gasteiger partial charge in [0, 0.05) is 31.2 Å². The molecule has 0 saturated carbocycles. The standard InChI is InChI=1S/C13H17N3O3/c1-9-4-3-5-11(12(9)16(18)19)13(17)15-7-6-14-10(2)8-15/h3-5,10,14H,6-8H2,1-2H3/t10-/m1/s1. The first-order valence-electron chi connectivity index (χ1n) is 6.27. The highest BCUT2D eigenvalue weighted by atomic mass is 16.6. The van der Waals surface area contributed by atoms with E-state index in [-0.39, 0.29) is 23.2 Å². The Kier molecular flexibility index (Phi) is 3.80. The van der Waals surface area contributed by atoms with Gasteiger partial charge in [-0.15, -0.1) is 0 Å². The van der Waals surface area contributed by atoms with Gasteiger partial charge in [-0.2, -0.15) is 0 Å². The average Bonchev–Trinajstić information content (AvgIpc) is 2.37. The molecule has 1 atom stereocenters. The minimum atomic E-state index is -0.478. The lowest BCUT2D eigenvalue weighted by molar-refractivity contribution is -0.385. The molecule has 19 heavy (non-hydrogen) atoms. The third kappa shape index (κ3) is 2.73. The zero-order valence-electron chi connectivity index (χ0n) is 11.0. The Balaban J connectivity index is 2.33. The highest BCUT2D eigenvalue weighted by Crippen LogP contribution is 2.24. The number of para-hydroxylation sites is 1. The van der Waals surface area contributed by atoms with Crippen molar-refractivity contribution < 1.29 is 9.72 Å². The van der Waals surface area contributed by atoms with Crippen molar-refractivity contribution in [2.24, 2.45) is 0 Å². The van der Waals surface area contributed by atoms with Crippen molar-refractivity contribution >= 4 is 11.6 Å². The van der Waals surface area contributed by atoms with Crippen molar-refractivity contribution in [3.8, 4) is 0 Å². The molecule has 1 aliphatic heterocycles. The van der Waals surface area contributed by atoms with Crippen LogP contribution in [0.4, 0.5) is 5.69 Å². The molecule has 0 aliphatic carbocycles. The van der Waals surface area contributed by atoms with E-state index in [2.05, 4.69) is 5.32 Å². The van der Waals surface area contributed by atoms with Crippen molar-refractivity contribution in [3.05, 3.63) is 39.4 Å². The van der Waals surface area contributed by atoms with Gasteiger partial charge in [0.25, 0.3) is 11.6 Å². The van der Waals surface area contributed by atoms with Crippen molar-refractivity contribution in [1.29, 1.82) is 0 Å². The molecule has 0 radical (unpaired) electrons. The highest BCUT2D eigenvalue weighted by molar-refractivity contribution is 5.98. The fraction of sp³-hybridized carbons (Fsp3) is 0.462. The summed E-state index contributed by atoms with van der Waals surface area (Å²) in [4.78, 5) is 24.7. The Hall–Kier alpha value is -1.95. The number of benzene rings is 1. The highest BCUT2D eigenvalue weighted by Gasteiger charge is 2.28. The lowest BCUT2D eigenvalue weighted by Crippen LogP contribution is -2.51. The van der Waals surface area contributed by atoms with Crippen LogP contribution in [0.25, 0.3) is 0 Å². The fourth-order valence-corrected chi connectivity index (χ4v) is 2.36. The van der Waals surface area contributed by atoms with Crippen LogP contribution < -0.4 is 5.32 Å². The van der Waals surface area contributed by atoms with Crippen LogP contribution in [-0.4, -0.2) is 41.4 Å². The first-order valence-corrected chi connectivity index (χ1v) is 6.27. The van der Waals surface area contributed by atoms with Crippen LogP contribution in [0.5, 0.6) is 0 Å². The van der Waals surface area contributed by atoms with E-state index < -0.39 is 4.92 Å².